The molecular formula is C33H44N4O3. The molecule has 40 heavy (non-hydrogen) atoms. The van der Waals surface area contributed by atoms with E-state index in [1.54, 1.807) is 33.2 Å². The molecule has 214 valence electrons. The predicted octanol–water partition coefficient (Wildman–Crippen LogP) is 5.79. The van der Waals surface area contributed by atoms with Gasteiger partial charge >= 0.3 is 0 Å². The maximum atomic E-state index is 13.6. The van der Waals surface area contributed by atoms with Crippen molar-refractivity contribution in [3.05, 3.63) is 114 Å². The van der Waals surface area contributed by atoms with Gasteiger partial charge in [-0.15, -0.1) is 0 Å². The second-order valence-electron chi connectivity index (χ2n) is 10.8. The Labute approximate surface area is 239 Å². The third-order valence-electron chi connectivity index (χ3n) is 6.60. The number of carbonyl (C=O) groups excluding carboxylic acids is 1. The third-order valence-corrected chi connectivity index (χ3v) is 6.60. The summed E-state index contributed by atoms with van der Waals surface area (Å²) >= 11 is 0. The summed E-state index contributed by atoms with van der Waals surface area (Å²) in [5.74, 6) is -0.0251. The molecule has 1 amide bonds. The molecule has 7 nitrogen and oxygen atoms in total. The van der Waals surface area contributed by atoms with E-state index in [1.807, 2.05) is 41.3 Å². The van der Waals surface area contributed by atoms with E-state index in [4.69, 9.17) is 5.11 Å². The number of hydrogen-bond donors (Lipinski definition) is 3. The van der Waals surface area contributed by atoms with Crippen LogP contribution in [0.3, 0.4) is 0 Å². The fourth-order valence-corrected chi connectivity index (χ4v) is 4.98. The highest BCUT2D eigenvalue weighted by Crippen LogP contribution is 2.32. The summed E-state index contributed by atoms with van der Waals surface area (Å²) in [6.45, 7) is 7.37. The Balaban J connectivity index is 0.000000776. The van der Waals surface area contributed by atoms with Gasteiger partial charge in [0.2, 0.25) is 0 Å². The minimum atomic E-state index is -0.500. The molecule has 1 atom stereocenters. The summed E-state index contributed by atoms with van der Waals surface area (Å²) in [6, 6.07) is 28.6. The zero-order chi connectivity index (χ0) is 27.8. The Morgan fingerprint density at radius 2 is 1.50 bits per heavy atom. The van der Waals surface area contributed by atoms with Crippen LogP contribution in [0.15, 0.2) is 97.3 Å². The smallest absolute Gasteiger partial charge is 0.256 e. The minimum absolute atomic E-state index is 0. The number of nitrogens with zero attached hydrogens (tertiary/aromatic N) is 3. The second-order valence-corrected chi connectivity index (χ2v) is 10.8. The second kappa shape index (κ2) is 14.1. The molecule has 4 aromatic rings. The SMILES string of the molecule is C.CC(C)(C)O.O=C(c1cncc2ccccc12)N1CCN(C(c2ccccc2)c2ccccc2)C(CNO)C1.[HH]. The summed E-state index contributed by atoms with van der Waals surface area (Å²) in [5, 5.41) is 20.0. The molecule has 1 aliphatic rings. The highest BCUT2D eigenvalue weighted by atomic mass is 16.5. The van der Waals surface area contributed by atoms with Crippen LogP contribution in [0.1, 0.15) is 57.2 Å². The van der Waals surface area contributed by atoms with Crippen LogP contribution in [0.2, 0.25) is 0 Å². The molecule has 1 saturated heterocycles. The minimum Gasteiger partial charge on any atom is -0.391 e. The summed E-state index contributed by atoms with van der Waals surface area (Å²) in [5.41, 5.74) is 4.86. The fraction of sp³-hybridized carbons (Fsp3) is 0.333. The quantitative estimate of drug-likeness (QED) is 0.266. The van der Waals surface area contributed by atoms with Crippen molar-refractivity contribution in [2.45, 2.75) is 45.9 Å². The highest BCUT2D eigenvalue weighted by Gasteiger charge is 2.35. The monoisotopic (exact) mass is 544 g/mol. The molecule has 0 bridgehead atoms. The van der Waals surface area contributed by atoms with Crippen molar-refractivity contribution in [1.29, 1.82) is 0 Å². The van der Waals surface area contributed by atoms with E-state index in [0.29, 0.717) is 31.7 Å². The Bertz CT molecular complexity index is 1300. The number of hydrogen-bond acceptors (Lipinski definition) is 6. The standard InChI is InChI=1S/C28H28N4O2.C4H10O.CH4.H2/c33-28(26-19-29-17-23-13-7-8-14-25(23)26)31-15-16-32(24(20-31)18-30-34)27(21-9-3-1-4-10-21)22-11-5-2-6-12-22;1-4(2,3)5;;/h1-14,17,19,24,27,30,34H,15-16,18,20H2;5H,1-3H3;1H4;1H. The van der Waals surface area contributed by atoms with Crippen LogP contribution in [0.25, 0.3) is 10.8 Å². The predicted molar refractivity (Wildman–Crippen MR) is 163 cm³/mol. The first-order valence-corrected chi connectivity index (χ1v) is 13.3. The molecular weight excluding hydrogens is 500 g/mol. The number of aliphatic hydroxyl groups is 1. The molecule has 0 aliphatic carbocycles. The number of pyridine rings is 1. The first-order valence-electron chi connectivity index (χ1n) is 13.3. The number of piperazine rings is 1. The first kappa shape index (κ1) is 30.9. The third kappa shape index (κ3) is 7.96. The lowest BCUT2D eigenvalue weighted by molar-refractivity contribution is 0.0251. The van der Waals surface area contributed by atoms with Crippen LogP contribution in [0, 0.1) is 0 Å². The van der Waals surface area contributed by atoms with Gasteiger partial charge < -0.3 is 15.2 Å². The molecule has 0 spiro atoms. The summed E-state index contributed by atoms with van der Waals surface area (Å²) < 4.78 is 0. The van der Waals surface area contributed by atoms with E-state index < -0.39 is 5.60 Å². The number of nitrogens with one attached hydrogen (secondary N) is 1. The Hall–Kier alpha value is -3.62. The molecule has 1 fully saturated rings. The Morgan fingerprint density at radius 1 is 0.950 bits per heavy atom. The number of benzene rings is 3. The lowest BCUT2D eigenvalue weighted by atomic mass is 9.94. The van der Waals surface area contributed by atoms with Gasteiger partial charge in [-0.2, -0.15) is 0 Å². The normalized spacial score (nSPS) is 15.8. The molecule has 0 radical (unpaired) electrons. The van der Waals surface area contributed by atoms with Crippen LogP contribution in [0.4, 0.5) is 0 Å². The van der Waals surface area contributed by atoms with E-state index in [0.717, 1.165) is 10.8 Å². The van der Waals surface area contributed by atoms with Gasteiger partial charge in [0, 0.05) is 51.4 Å². The largest absolute Gasteiger partial charge is 0.391 e. The lowest BCUT2D eigenvalue weighted by Crippen LogP contribution is -2.58. The van der Waals surface area contributed by atoms with E-state index in [9.17, 15) is 10.0 Å². The van der Waals surface area contributed by atoms with Crippen molar-refractivity contribution in [2.75, 3.05) is 26.2 Å². The zero-order valence-electron chi connectivity index (χ0n) is 22.9. The van der Waals surface area contributed by atoms with Crippen LogP contribution < -0.4 is 5.48 Å². The molecule has 3 aromatic carbocycles. The molecule has 0 saturated carbocycles. The number of fused-ring (bicyclic) bond motifs is 1. The molecule has 1 unspecified atom stereocenters. The van der Waals surface area contributed by atoms with E-state index >= 15 is 0 Å². The van der Waals surface area contributed by atoms with Crippen molar-refractivity contribution >= 4 is 16.7 Å². The molecule has 5 rings (SSSR count). The Kier molecular flexibility index (Phi) is 10.9. The summed E-state index contributed by atoms with van der Waals surface area (Å²) in [7, 11) is 0. The number of carbonyl (C=O) groups is 1. The van der Waals surface area contributed by atoms with Crippen LogP contribution in [-0.4, -0.2) is 68.8 Å². The number of hydroxylamine groups is 1. The highest BCUT2D eigenvalue weighted by molar-refractivity contribution is 6.06. The van der Waals surface area contributed by atoms with Gasteiger partial charge in [-0.05, 0) is 37.3 Å². The van der Waals surface area contributed by atoms with Gasteiger partial charge in [-0.25, -0.2) is 5.48 Å². The summed E-state index contributed by atoms with van der Waals surface area (Å²) in [4.78, 5) is 22.1. The van der Waals surface area contributed by atoms with Crippen LogP contribution in [-0.2, 0) is 0 Å². The number of aromatic nitrogens is 1. The van der Waals surface area contributed by atoms with Gasteiger partial charge in [0.25, 0.3) is 5.91 Å². The summed E-state index contributed by atoms with van der Waals surface area (Å²) in [6.07, 6.45) is 3.44. The molecule has 7 heteroatoms. The van der Waals surface area contributed by atoms with E-state index in [1.165, 1.54) is 11.1 Å². The average Bonchev–Trinajstić information content (AvgIpc) is 2.94. The van der Waals surface area contributed by atoms with E-state index in [-0.39, 0.29) is 26.8 Å². The molecule has 1 aromatic heterocycles. The van der Waals surface area contributed by atoms with Crippen molar-refractivity contribution in [2.24, 2.45) is 0 Å². The van der Waals surface area contributed by atoms with E-state index in [2.05, 4.69) is 63.9 Å². The van der Waals surface area contributed by atoms with Gasteiger partial charge in [-0.1, -0.05) is 92.4 Å². The van der Waals surface area contributed by atoms with Crippen molar-refractivity contribution in [3.8, 4) is 0 Å². The number of rotatable bonds is 6. The first-order chi connectivity index (χ1) is 18.8. The lowest BCUT2D eigenvalue weighted by Gasteiger charge is -2.45. The van der Waals surface area contributed by atoms with Crippen molar-refractivity contribution < 1.29 is 16.5 Å². The molecule has 3 N–H and O–H groups in total. The average molecular weight is 545 g/mol. The van der Waals surface area contributed by atoms with Crippen molar-refractivity contribution in [1.82, 2.24) is 20.3 Å². The molecule has 2 heterocycles. The van der Waals surface area contributed by atoms with Gasteiger partial charge in [-0.3, -0.25) is 14.7 Å². The van der Waals surface area contributed by atoms with Gasteiger partial charge in [0.1, 0.15) is 0 Å². The number of amides is 1. The maximum absolute atomic E-state index is 13.6. The van der Waals surface area contributed by atoms with Crippen LogP contribution >= 0.6 is 0 Å². The Morgan fingerprint density at radius 3 is 2.08 bits per heavy atom. The van der Waals surface area contributed by atoms with Crippen molar-refractivity contribution in [3.63, 3.8) is 0 Å². The van der Waals surface area contributed by atoms with Gasteiger partial charge in [0.15, 0.2) is 0 Å². The molecule has 1 aliphatic heterocycles. The van der Waals surface area contributed by atoms with Crippen LogP contribution in [0.5, 0.6) is 0 Å². The zero-order valence-corrected chi connectivity index (χ0v) is 22.9. The fourth-order valence-electron chi connectivity index (χ4n) is 4.98. The topological polar surface area (TPSA) is 88.9 Å². The van der Waals surface area contributed by atoms with Gasteiger partial charge in [0.05, 0.1) is 17.2 Å². The maximum Gasteiger partial charge on any atom is 0.256 e.